The lowest BCUT2D eigenvalue weighted by Crippen LogP contribution is -2.48. The molecule has 0 aromatic heterocycles. The lowest BCUT2D eigenvalue weighted by molar-refractivity contribution is -0.165. The van der Waals surface area contributed by atoms with Gasteiger partial charge in [0, 0.05) is 6.54 Å². The van der Waals surface area contributed by atoms with Gasteiger partial charge in [0.25, 0.3) is 0 Å². The summed E-state index contributed by atoms with van der Waals surface area (Å²) in [6.07, 6.45) is 0.490. The van der Waals surface area contributed by atoms with Crippen molar-refractivity contribution in [3.8, 4) is 0 Å². The van der Waals surface area contributed by atoms with Gasteiger partial charge in [0.15, 0.2) is 5.72 Å². The van der Waals surface area contributed by atoms with Gasteiger partial charge in [-0.15, -0.1) is 0 Å². The molecule has 1 fully saturated rings. The van der Waals surface area contributed by atoms with Gasteiger partial charge in [0.05, 0.1) is 6.42 Å². The van der Waals surface area contributed by atoms with E-state index in [1.807, 2.05) is 13.8 Å². The number of carbonyl (C=O) groups is 1. The van der Waals surface area contributed by atoms with Gasteiger partial charge in [-0.3, -0.25) is 10.1 Å². The van der Waals surface area contributed by atoms with E-state index in [4.69, 9.17) is 4.74 Å². The molecule has 0 saturated carbocycles. The lowest BCUT2D eigenvalue weighted by Gasteiger charge is -2.30. The molecule has 1 N–H and O–H groups in total. The molecule has 1 saturated heterocycles. The van der Waals surface area contributed by atoms with Crippen LogP contribution in [0.2, 0.25) is 0 Å². The van der Waals surface area contributed by atoms with Crippen LogP contribution in [0.1, 0.15) is 20.3 Å². The van der Waals surface area contributed by atoms with Gasteiger partial charge in [0.1, 0.15) is 0 Å². The number of hydrogen-bond acceptors (Lipinski definition) is 3. The Labute approximate surface area is 54.4 Å². The first kappa shape index (κ1) is 6.55. The highest BCUT2D eigenvalue weighted by Gasteiger charge is 2.25. The van der Waals surface area contributed by atoms with Gasteiger partial charge in [-0.2, -0.15) is 0 Å². The van der Waals surface area contributed by atoms with E-state index in [0.29, 0.717) is 6.42 Å². The van der Waals surface area contributed by atoms with Crippen molar-refractivity contribution in [1.82, 2.24) is 5.32 Å². The van der Waals surface area contributed by atoms with Crippen molar-refractivity contribution in [2.24, 2.45) is 0 Å². The van der Waals surface area contributed by atoms with Crippen LogP contribution in [0.5, 0.6) is 0 Å². The van der Waals surface area contributed by atoms with Crippen LogP contribution in [0.25, 0.3) is 0 Å². The Bertz CT molecular complexity index is 131. The van der Waals surface area contributed by atoms with Crippen LogP contribution in [0.4, 0.5) is 0 Å². The first-order valence-electron chi connectivity index (χ1n) is 3.07. The van der Waals surface area contributed by atoms with E-state index in [2.05, 4.69) is 5.32 Å². The minimum absolute atomic E-state index is 0.112. The number of ether oxygens (including phenoxy) is 1. The molecule has 3 nitrogen and oxygen atoms in total. The van der Waals surface area contributed by atoms with E-state index >= 15 is 0 Å². The summed E-state index contributed by atoms with van der Waals surface area (Å²) in [4.78, 5) is 10.6. The first-order valence-corrected chi connectivity index (χ1v) is 3.07. The molecule has 0 spiro atoms. The lowest BCUT2D eigenvalue weighted by atomic mass is 10.2. The third-order valence-electron chi connectivity index (χ3n) is 1.25. The molecule has 52 valence electrons. The molecule has 0 amide bonds. The Morgan fingerprint density at radius 3 is 2.67 bits per heavy atom. The largest absolute Gasteiger partial charge is 0.444 e. The summed E-state index contributed by atoms with van der Waals surface area (Å²) in [5, 5.41) is 3.05. The van der Waals surface area contributed by atoms with Crippen molar-refractivity contribution >= 4 is 5.97 Å². The van der Waals surface area contributed by atoms with Crippen LogP contribution >= 0.6 is 0 Å². The first-order chi connectivity index (χ1) is 4.10. The van der Waals surface area contributed by atoms with Crippen molar-refractivity contribution in [3.63, 3.8) is 0 Å². The monoisotopic (exact) mass is 129 g/mol. The molecule has 0 aromatic carbocycles. The average Bonchev–Trinajstić information content (AvgIpc) is 1.60. The van der Waals surface area contributed by atoms with Crippen molar-refractivity contribution in [1.29, 1.82) is 0 Å². The van der Waals surface area contributed by atoms with Gasteiger partial charge in [0.2, 0.25) is 0 Å². The zero-order valence-corrected chi connectivity index (χ0v) is 5.73. The van der Waals surface area contributed by atoms with Crippen LogP contribution in [0, 0.1) is 0 Å². The average molecular weight is 129 g/mol. The molecule has 3 heteroatoms. The van der Waals surface area contributed by atoms with Crippen molar-refractivity contribution < 1.29 is 9.53 Å². The highest BCUT2D eigenvalue weighted by molar-refractivity contribution is 5.70. The van der Waals surface area contributed by atoms with E-state index in [1.165, 1.54) is 0 Å². The van der Waals surface area contributed by atoms with E-state index < -0.39 is 5.72 Å². The van der Waals surface area contributed by atoms with E-state index in [-0.39, 0.29) is 5.97 Å². The highest BCUT2D eigenvalue weighted by Crippen LogP contribution is 2.09. The van der Waals surface area contributed by atoms with Gasteiger partial charge in [-0.1, -0.05) is 0 Å². The van der Waals surface area contributed by atoms with E-state index in [1.54, 1.807) is 0 Å². The second-order valence-corrected chi connectivity index (χ2v) is 2.66. The van der Waals surface area contributed by atoms with Gasteiger partial charge >= 0.3 is 5.97 Å². The Hall–Kier alpha value is -0.570. The fraction of sp³-hybridized carbons (Fsp3) is 0.833. The standard InChI is InChI=1S/C6H11NO2/c1-6(2)7-4-3-5(8)9-6/h7H,3-4H2,1-2H3. The van der Waals surface area contributed by atoms with Crippen LogP contribution in [-0.4, -0.2) is 18.2 Å². The molecule has 0 radical (unpaired) electrons. The molecular formula is C6H11NO2. The van der Waals surface area contributed by atoms with Crippen molar-refractivity contribution in [3.05, 3.63) is 0 Å². The molecule has 1 heterocycles. The number of esters is 1. The Morgan fingerprint density at radius 2 is 2.33 bits per heavy atom. The summed E-state index contributed by atoms with van der Waals surface area (Å²) in [5.41, 5.74) is -0.449. The summed E-state index contributed by atoms with van der Waals surface area (Å²) in [6.45, 7) is 4.40. The zero-order valence-electron chi connectivity index (χ0n) is 5.73. The van der Waals surface area contributed by atoms with Crippen LogP contribution in [0.15, 0.2) is 0 Å². The van der Waals surface area contributed by atoms with E-state index in [0.717, 1.165) is 6.54 Å². The summed E-state index contributed by atoms with van der Waals surface area (Å²) in [7, 11) is 0. The number of rotatable bonds is 0. The summed E-state index contributed by atoms with van der Waals surface area (Å²) < 4.78 is 4.92. The molecular weight excluding hydrogens is 118 g/mol. The predicted molar refractivity (Wildman–Crippen MR) is 32.8 cm³/mol. The quantitative estimate of drug-likeness (QED) is 0.477. The molecule has 1 rings (SSSR count). The van der Waals surface area contributed by atoms with E-state index in [9.17, 15) is 4.79 Å². The van der Waals surface area contributed by atoms with Crippen LogP contribution < -0.4 is 5.32 Å². The fourth-order valence-electron chi connectivity index (χ4n) is 0.837. The van der Waals surface area contributed by atoms with Crippen LogP contribution in [-0.2, 0) is 9.53 Å². The minimum atomic E-state index is -0.449. The van der Waals surface area contributed by atoms with Crippen molar-refractivity contribution in [2.75, 3.05) is 6.54 Å². The molecule has 0 aromatic rings. The third kappa shape index (κ3) is 1.68. The Morgan fingerprint density at radius 1 is 1.67 bits per heavy atom. The predicted octanol–water partition coefficient (Wildman–Crippen LogP) is 0.259. The smallest absolute Gasteiger partial charge is 0.308 e. The normalized spacial score (nSPS) is 25.3. The topological polar surface area (TPSA) is 38.3 Å². The fourth-order valence-corrected chi connectivity index (χ4v) is 0.837. The number of nitrogens with one attached hydrogen (secondary N) is 1. The maximum atomic E-state index is 10.6. The molecule has 0 atom stereocenters. The highest BCUT2D eigenvalue weighted by atomic mass is 16.6. The molecule has 0 bridgehead atoms. The molecule has 1 aliphatic rings. The summed E-state index contributed by atoms with van der Waals surface area (Å²) >= 11 is 0. The van der Waals surface area contributed by atoms with Gasteiger partial charge < -0.3 is 4.74 Å². The summed E-state index contributed by atoms with van der Waals surface area (Å²) in [5.74, 6) is -0.112. The number of carbonyl (C=O) groups excluding carboxylic acids is 1. The SMILES string of the molecule is CC1(C)NCCC(=O)O1. The third-order valence-corrected chi connectivity index (χ3v) is 1.25. The van der Waals surface area contributed by atoms with Crippen LogP contribution in [0.3, 0.4) is 0 Å². The number of cyclic esters (lactones) is 1. The molecule has 0 unspecified atom stereocenters. The van der Waals surface area contributed by atoms with Gasteiger partial charge in [-0.25, -0.2) is 0 Å². The molecule has 1 aliphatic heterocycles. The number of hydrogen-bond donors (Lipinski definition) is 1. The maximum absolute atomic E-state index is 10.6. The summed E-state index contributed by atoms with van der Waals surface area (Å²) in [6, 6.07) is 0. The minimum Gasteiger partial charge on any atom is -0.444 e. The Balaban J connectivity index is 2.51. The zero-order chi connectivity index (χ0) is 6.91. The molecule has 9 heavy (non-hydrogen) atoms. The second-order valence-electron chi connectivity index (χ2n) is 2.66. The second kappa shape index (κ2) is 1.99. The van der Waals surface area contributed by atoms with Gasteiger partial charge in [-0.05, 0) is 13.8 Å². The molecule has 0 aliphatic carbocycles. The maximum Gasteiger partial charge on any atom is 0.308 e. The van der Waals surface area contributed by atoms with Crippen molar-refractivity contribution in [2.45, 2.75) is 26.0 Å². The Kier molecular flexibility index (Phi) is 1.45.